The molecule has 1 aliphatic rings. The van der Waals surface area contributed by atoms with Crippen LogP contribution in [0.15, 0.2) is 24.3 Å². The second kappa shape index (κ2) is 6.69. The second-order valence-electron chi connectivity index (χ2n) is 6.19. The molecule has 0 aromatic heterocycles. The van der Waals surface area contributed by atoms with E-state index in [4.69, 9.17) is 4.74 Å². The second-order valence-corrected chi connectivity index (χ2v) is 6.19. The number of halogens is 5. The quantitative estimate of drug-likeness (QED) is 0.549. The third-order valence-electron chi connectivity index (χ3n) is 4.41. The molecule has 0 bridgehead atoms. The molecule has 1 unspecified atom stereocenters. The zero-order valence-electron chi connectivity index (χ0n) is 13.4. The van der Waals surface area contributed by atoms with Crippen molar-refractivity contribution in [3.63, 3.8) is 0 Å². The molecule has 0 aliphatic heterocycles. The lowest BCUT2D eigenvalue weighted by Crippen LogP contribution is -2.34. The van der Waals surface area contributed by atoms with Crippen LogP contribution in [0.3, 0.4) is 0 Å². The number of hydrogen-bond donors (Lipinski definition) is 0. The van der Waals surface area contributed by atoms with Crippen LogP contribution in [0.4, 0.5) is 22.0 Å². The molecule has 2 nitrogen and oxygen atoms in total. The molecule has 0 spiro atoms. The van der Waals surface area contributed by atoms with Crippen LogP contribution >= 0.6 is 0 Å². The molecule has 0 heterocycles. The summed E-state index contributed by atoms with van der Waals surface area (Å²) >= 11 is 0. The number of carbonyl (C=O) groups is 1. The van der Waals surface area contributed by atoms with Gasteiger partial charge in [-0.3, -0.25) is 4.79 Å². The first-order valence-electron chi connectivity index (χ1n) is 7.76. The van der Waals surface area contributed by atoms with Crippen molar-refractivity contribution in [3.8, 4) is 0 Å². The Morgan fingerprint density at radius 3 is 2.21 bits per heavy atom. The zero-order chi connectivity index (χ0) is 18.1. The van der Waals surface area contributed by atoms with E-state index in [9.17, 15) is 26.7 Å². The molecule has 0 N–H and O–H groups in total. The molecule has 2 atom stereocenters. The van der Waals surface area contributed by atoms with Crippen LogP contribution in [0.5, 0.6) is 0 Å². The summed E-state index contributed by atoms with van der Waals surface area (Å²) in [6, 6.07) is 5.83. The largest absolute Gasteiger partial charge is 0.466 e. The topological polar surface area (TPSA) is 26.3 Å². The maximum Gasteiger partial charge on any atom is 0.392 e. The average molecular weight is 350 g/mol. The van der Waals surface area contributed by atoms with E-state index in [1.54, 1.807) is 0 Å². The van der Waals surface area contributed by atoms with Crippen LogP contribution in [0.1, 0.15) is 49.7 Å². The van der Waals surface area contributed by atoms with Crippen LogP contribution in [0.25, 0.3) is 0 Å². The number of ether oxygens (including phenoxy) is 1. The highest BCUT2D eigenvalue weighted by Gasteiger charge is 2.47. The Hall–Kier alpha value is -1.66. The van der Waals surface area contributed by atoms with E-state index in [-0.39, 0.29) is 30.9 Å². The van der Waals surface area contributed by atoms with Gasteiger partial charge in [0.25, 0.3) is 0 Å². The van der Waals surface area contributed by atoms with E-state index in [1.165, 1.54) is 31.2 Å². The molecule has 2 rings (SSSR count). The maximum atomic E-state index is 13.1. The predicted octanol–water partition coefficient (Wildman–Crippen LogP) is 5.04. The number of rotatable bonds is 5. The van der Waals surface area contributed by atoms with E-state index in [0.717, 1.165) is 6.92 Å². The molecule has 0 amide bonds. The molecule has 1 aromatic carbocycles. The van der Waals surface area contributed by atoms with Gasteiger partial charge in [-0.2, -0.15) is 13.2 Å². The molecule has 1 fully saturated rings. The monoisotopic (exact) mass is 350 g/mol. The van der Waals surface area contributed by atoms with Crippen molar-refractivity contribution >= 4 is 5.97 Å². The van der Waals surface area contributed by atoms with Crippen molar-refractivity contribution in [2.45, 2.75) is 50.6 Å². The zero-order valence-corrected chi connectivity index (χ0v) is 13.4. The first-order valence-corrected chi connectivity index (χ1v) is 7.76. The fourth-order valence-corrected chi connectivity index (χ4v) is 2.92. The fraction of sp³-hybridized carbons (Fsp3) is 0.588. The van der Waals surface area contributed by atoms with Gasteiger partial charge in [0.05, 0.1) is 18.4 Å². The summed E-state index contributed by atoms with van der Waals surface area (Å²) in [6.07, 6.45) is -5.06. The van der Waals surface area contributed by atoms with E-state index in [2.05, 4.69) is 0 Å². The van der Waals surface area contributed by atoms with Gasteiger partial charge in [0, 0.05) is 12.8 Å². The van der Waals surface area contributed by atoms with Crippen molar-refractivity contribution in [3.05, 3.63) is 35.4 Å². The SMILES string of the molecule is CCOC(=O)C(c1ccc(C2CC(F)(F)C2)cc1)[C@@H](C)C(F)(F)F. The minimum Gasteiger partial charge on any atom is -0.466 e. The van der Waals surface area contributed by atoms with E-state index >= 15 is 0 Å². The molecule has 0 saturated heterocycles. The summed E-state index contributed by atoms with van der Waals surface area (Å²) in [5.41, 5.74) is 0.819. The highest BCUT2D eigenvalue weighted by atomic mass is 19.4. The van der Waals surface area contributed by atoms with Gasteiger partial charge < -0.3 is 4.74 Å². The Bertz CT molecular complexity index is 572. The highest BCUT2D eigenvalue weighted by molar-refractivity contribution is 5.78. The number of esters is 1. The van der Waals surface area contributed by atoms with Crippen molar-refractivity contribution in [1.29, 1.82) is 0 Å². The molecule has 1 aliphatic carbocycles. The summed E-state index contributed by atoms with van der Waals surface area (Å²) < 4.78 is 69.8. The van der Waals surface area contributed by atoms with Crippen LogP contribution in [0, 0.1) is 5.92 Å². The Kier molecular flexibility index (Phi) is 5.20. The lowest BCUT2D eigenvalue weighted by molar-refractivity contribution is -0.185. The van der Waals surface area contributed by atoms with E-state index in [0.29, 0.717) is 5.56 Å². The molecule has 134 valence electrons. The van der Waals surface area contributed by atoms with Gasteiger partial charge in [0.1, 0.15) is 0 Å². The van der Waals surface area contributed by atoms with Crippen molar-refractivity contribution < 1.29 is 31.5 Å². The summed E-state index contributed by atoms with van der Waals surface area (Å²) in [7, 11) is 0. The fourth-order valence-electron chi connectivity index (χ4n) is 2.92. The summed E-state index contributed by atoms with van der Waals surface area (Å²) in [5, 5.41) is 0. The highest BCUT2D eigenvalue weighted by Crippen LogP contribution is 2.48. The van der Waals surface area contributed by atoms with Gasteiger partial charge in [-0.25, -0.2) is 8.78 Å². The van der Waals surface area contributed by atoms with Gasteiger partial charge in [-0.15, -0.1) is 0 Å². The van der Waals surface area contributed by atoms with E-state index < -0.39 is 29.9 Å². The molecule has 1 aromatic rings. The van der Waals surface area contributed by atoms with Crippen molar-refractivity contribution in [1.82, 2.24) is 0 Å². The van der Waals surface area contributed by atoms with Crippen LogP contribution < -0.4 is 0 Å². The minimum atomic E-state index is -4.55. The first kappa shape index (κ1) is 18.7. The molecule has 7 heteroatoms. The number of alkyl halides is 5. The Labute approximate surface area is 137 Å². The summed E-state index contributed by atoms with van der Waals surface area (Å²) in [5.74, 6) is -7.28. The average Bonchev–Trinajstić information content (AvgIpc) is 2.45. The minimum absolute atomic E-state index is 0.0187. The third-order valence-corrected chi connectivity index (χ3v) is 4.41. The summed E-state index contributed by atoms with van der Waals surface area (Å²) in [6.45, 7) is 2.43. The lowest BCUT2D eigenvalue weighted by atomic mass is 9.76. The normalized spacial score (nSPS) is 20.1. The maximum absolute atomic E-state index is 13.1. The van der Waals surface area contributed by atoms with Gasteiger partial charge >= 0.3 is 12.1 Å². The van der Waals surface area contributed by atoms with Gasteiger partial charge in [0.2, 0.25) is 5.92 Å². The Balaban J connectivity index is 2.22. The van der Waals surface area contributed by atoms with Gasteiger partial charge in [-0.1, -0.05) is 31.2 Å². The molecule has 24 heavy (non-hydrogen) atoms. The summed E-state index contributed by atoms with van der Waals surface area (Å²) in [4.78, 5) is 12.0. The van der Waals surface area contributed by atoms with Crippen molar-refractivity contribution in [2.75, 3.05) is 6.61 Å². The van der Waals surface area contributed by atoms with Crippen LogP contribution in [-0.2, 0) is 9.53 Å². The molecular formula is C17H19F5O2. The third kappa shape index (κ3) is 4.05. The molecule has 0 radical (unpaired) electrons. The van der Waals surface area contributed by atoms with Crippen LogP contribution in [-0.4, -0.2) is 24.7 Å². The Morgan fingerprint density at radius 1 is 1.25 bits per heavy atom. The van der Waals surface area contributed by atoms with Gasteiger partial charge in [-0.05, 0) is 24.0 Å². The van der Waals surface area contributed by atoms with Gasteiger partial charge in [0.15, 0.2) is 0 Å². The standard InChI is InChI=1S/C17H19F5O2/c1-3-24-15(23)14(10(2)17(20,21)22)12-6-4-11(5-7-12)13-8-16(18,19)9-13/h4-7,10,13-14H,3,8-9H2,1-2H3/t10-,14?/m1/s1. The smallest absolute Gasteiger partial charge is 0.392 e. The number of hydrogen-bond acceptors (Lipinski definition) is 2. The first-order chi connectivity index (χ1) is 11.0. The lowest BCUT2D eigenvalue weighted by Gasteiger charge is -2.35. The molecule has 1 saturated carbocycles. The Morgan fingerprint density at radius 2 is 1.79 bits per heavy atom. The van der Waals surface area contributed by atoms with Crippen LogP contribution in [0.2, 0.25) is 0 Å². The number of carbonyl (C=O) groups excluding carboxylic acids is 1. The predicted molar refractivity (Wildman–Crippen MR) is 78.0 cm³/mol. The number of benzene rings is 1. The molecular weight excluding hydrogens is 331 g/mol. The van der Waals surface area contributed by atoms with Crippen molar-refractivity contribution in [2.24, 2.45) is 5.92 Å². The van der Waals surface area contributed by atoms with E-state index in [1.807, 2.05) is 0 Å².